The third kappa shape index (κ3) is 3.20. The molecule has 1 fully saturated rings. The molecule has 1 saturated carbocycles. The zero-order valence-electron chi connectivity index (χ0n) is 18.9. The van der Waals surface area contributed by atoms with Gasteiger partial charge in [-0.25, -0.2) is 4.68 Å². The third-order valence-electron chi connectivity index (χ3n) is 7.21. The van der Waals surface area contributed by atoms with Gasteiger partial charge in [-0.15, -0.1) is 12.2 Å². The summed E-state index contributed by atoms with van der Waals surface area (Å²) >= 11 is 6.22. The van der Waals surface area contributed by atoms with E-state index < -0.39 is 29.5 Å². The Morgan fingerprint density at radius 2 is 1.73 bits per heavy atom. The van der Waals surface area contributed by atoms with Crippen molar-refractivity contribution in [3.63, 3.8) is 0 Å². The SMILES string of the molecule is Cc1nn(-c2ccccc2)c([O-])c1C1C([O-])C(C=C2N(C)c3ccc(Cl)cc3C2(C)C)C1[O-]. The molecule has 33 heavy (non-hydrogen) atoms. The molecule has 2 aromatic carbocycles. The van der Waals surface area contributed by atoms with Crippen LogP contribution in [0.3, 0.4) is 0 Å². The Hall–Kier alpha value is -2.80. The van der Waals surface area contributed by atoms with Gasteiger partial charge in [0.1, 0.15) is 0 Å². The standard InChI is InChI=1S/C26H26ClN3O3/c1-14-21(25(33)30(28-14)16-8-6-5-7-9-16)22-23(31)17(24(22)32)13-20-26(2,3)18-12-15(27)10-11-19(18)29(20)4/h5-13,17,22-24,33H,1-4H3/q-2/p-1. The van der Waals surface area contributed by atoms with Crippen LogP contribution in [0.25, 0.3) is 5.69 Å². The smallest absolute Gasteiger partial charge is 0.0638 e. The largest absolute Gasteiger partial charge is 0.858 e. The molecule has 5 rings (SSSR count). The van der Waals surface area contributed by atoms with E-state index >= 15 is 0 Å². The van der Waals surface area contributed by atoms with Gasteiger partial charge in [0, 0.05) is 28.9 Å². The average molecular weight is 463 g/mol. The van der Waals surface area contributed by atoms with Crippen molar-refractivity contribution in [3.05, 3.63) is 82.1 Å². The summed E-state index contributed by atoms with van der Waals surface area (Å²) in [6, 6.07) is 14.8. The van der Waals surface area contributed by atoms with Crippen LogP contribution < -0.4 is 20.2 Å². The van der Waals surface area contributed by atoms with Crippen molar-refractivity contribution in [2.75, 3.05) is 11.9 Å². The quantitative estimate of drug-likeness (QED) is 0.596. The Kier molecular flexibility index (Phi) is 5.08. The molecule has 0 radical (unpaired) electrons. The second-order valence-electron chi connectivity index (χ2n) is 9.48. The molecule has 1 aromatic heterocycles. The number of halogens is 1. The molecular weight excluding hydrogens is 438 g/mol. The molecule has 1 aliphatic heterocycles. The summed E-state index contributed by atoms with van der Waals surface area (Å²) in [5.74, 6) is -1.99. The number of anilines is 1. The molecule has 2 heterocycles. The molecule has 6 nitrogen and oxygen atoms in total. The highest BCUT2D eigenvalue weighted by Crippen LogP contribution is 2.51. The highest BCUT2D eigenvalue weighted by molar-refractivity contribution is 6.30. The van der Waals surface area contributed by atoms with Crippen LogP contribution in [0, 0.1) is 12.8 Å². The Labute approximate surface area is 198 Å². The van der Waals surface area contributed by atoms with Crippen LogP contribution >= 0.6 is 11.6 Å². The molecular formula is C26H25ClN3O3-3. The summed E-state index contributed by atoms with van der Waals surface area (Å²) in [5, 5.41) is 44.6. The van der Waals surface area contributed by atoms with Crippen LogP contribution in [0.2, 0.25) is 5.02 Å². The van der Waals surface area contributed by atoms with Crippen molar-refractivity contribution < 1.29 is 15.3 Å². The fourth-order valence-electron chi connectivity index (χ4n) is 5.36. The molecule has 1 aliphatic carbocycles. The van der Waals surface area contributed by atoms with E-state index in [0.717, 1.165) is 16.9 Å². The van der Waals surface area contributed by atoms with E-state index in [4.69, 9.17) is 11.6 Å². The first-order valence-corrected chi connectivity index (χ1v) is 11.4. The highest BCUT2D eigenvalue weighted by Gasteiger charge is 2.43. The van der Waals surface area contributed by atoms with Gasteiger partial charge in [-0.3, -0.25) is 0 Å². The van der Waals surface area contributed by atoms with E-state index in [2.05, 4.69) is 18.9 Å². The number of rotatable bonds is 3. The van der Waals surface area contributed by atoms with Gasteiger partial charge in [0.05, 0.1) is 11.4 Å². The highest BCUT2D eigenvalue weighted by atomic mass is 35.5. The zero-order valence-corrected chi connectivity index (χ0v) is 19.7. The number of hydrogen-bond donors (Lipinski definition) is 0. The minimum absolute atomic E-state index is 0.252. The number of benzene rings is 2. The summed E-state index contributed by atoms with van der Waals surface area (Å²) in [5.41, 5.74) is 3.90. The molecule has 172 valence electrons. The van der Waals surface area contributed by atoms with E-state index in [1.54, 1.807) is 19.1 Å². The number of para-hydroxylation sites is 1. The van der Waals surface area contributed by atoms with Crippen molar-refractivity contribution >= 4 is 17.3 Å². The van der Waals surface area contributed by atoms with E-state index in [9.17, 15) is 15.3 Å². The van der Waals surface area contributed by atoms with Crippen LogP contribution in [0.5, 0.6) is 5.88 Å². The van der Waals surface area contributed by atoms with Crippen molar-refractivity contribution in [2.24, 2.45) is 5.92 Å². The van der Waals surface area contributed by atoms with Gasteiger partial charge in [-0.2, -0.15) is 5.10 Å². The normalized spacial score (nSPS) is 27.0. The molecule has 2 aliphatic rings. The summed E-state index contributed by atoms with van der Waals surface area (Å²) in [4.78, 5) is 2.02. The summed E-state index contributed by atoms with van der Waals surface area (Å²) in [7, 11) is 1.94. The van der Waals surface area contributed by atoms with E-state index in [1.807, 2.05) is 54.4 Å². The van der Waals surface area contributed by atoms with Gasteiger partial charge in [-0.1, -0.05) is 49.7 Å². The monoisotopic (exact) mass is 462 g/mol. The fourth-order valence-corrected chi connectivity index (χ4v) is 5.53. The topological polar surface area (TPSA) is 90.2 Å². The minimum Gasteiger partial charge on any atom is -0.858 e. The Balaban J connectivity index is 1.46. The van der Waals surface area contributed by atoms with Crippen molar-refractivity contribution in [1.82, 2.24) is 9.78 Å². The predicted molar refractivity (Wildman–Crippen MR) is 123 cm³/mol. The van der Waals surface area contributed by atoms with Gasteiger partial charge in [0.15, 0.2) is 0 Å². The molecule has 0 amide bonds. The molecule has 7 heteroatoms. The second-order valence-corrected chi connectivity index (χ2v) is 9.92. The number of hydrogen-bond acceptors (Lipinski definition) is 5. The number of aromatic nitrogens is 2. The number of allylic oxidation sites excluding steroid dienone is 1. The summed E-state index contributed by atoms with van der Waals surface area (Å²) in [6.07, 6.45) is -0.575. The minimum atomic E-state index is -1.20. The maximum absolute atomic E-state index is 13.3. The van der Waals surface area contributed by atoms with Crippen LogP contribution in [-0.4, -0.2) is 29.0 Å². The first-order chi connectivity index (χ1) is 15.6. The van der Waals surface area contributed by atoms with Crippen LogP contribution in [0.1, 0.15) is 36.6 Å². The van der Waals surface area contributed by atoms with Crippen LogP contribution in [0.4, 0.5) is 5.69 Å². The molecule has 0 saturated heterocycles. The van der Waals surface area contributed by atoms with E-state index in [0.29, 0.717) is 16.4 Å². The Bertz CT molecular complexity index is 1240. The van der Waals surface area contributed by atoms with Gasteiger partial charge < -0.3 is 20.2 Å². The van der Waals surface area contributed by atoms with Gasteiger partial charge in [0.2, 0.25) is 0 Å². The lowest BCUT2D eigenvalue weighted by Crippen LogP contribution is -2.65. The van der Waals surface area contributed by atoms with Gasteiger partial charge in [0.25, 0.3) is 0 Å². The third-order valence-corrected chi connectivity index (χ3v) is 7.44. The lowest BCUT2D eigenvalue weighted by molar-refractivity contribution is -0.543. The number of likely N-dealkylation sites (N-methyl/N-ethyl adjacent to an activating group) is 1. The Morgan fingerprint density at radius 1 is 1.06 bits per heavy atom. The maximum atomic E-state index is 13.3. The predicted octanol–water partition coefficient (Wildman–Crippen LogP) is 2.39. The van der Waals surface area contributed by atoms with Crippen molar-refractivity contribution in [3.8, 4) is 11.6 Å². The molecule has 0 bridgehead atoms. The summed E-state index contributed by atoms with van der Waals surface area (Å²) in [6.45, 7) is 5.82. The van der Waals surface area contributed by atoms with Crippen LogP contribution in [0.15, 0.2) is 60.3 Å². The fraction of sp³-hybridized carbons (Fsp3) is 0.346. The lowest BCUT2D eigenvalue weighted by atomic mass is 9.64. The first-order valence-electron chi connectivity index (χ1n) is 11.0. The Morgan fingerprint density at radius 3 is 2.39 bits per heavy atom. The molecule has 2 atom stereocenters. The second kappa shape index (κ2) is 7.62. The van der Waals surface area contributed by atoms with Crippen molar-refractivity contribution in [1.29, 1.82) is 0 Å². The summed E-state index contributed by atoms with van der Waals surface area (Å²) < 4.78 is 1.28. The first kappa shape index (κ1) is 22.0. The molecule has 2 unspecified atom stereocenters. The maximum Gasteiger partial charge on any atom is 0.0638 e. The van der Waals surface area contributed by atoms with Crippen molar-refractivity contribution in [2.45, 2.75) is 44.3 Å². The zero-order chi connectivity index (χ0) is 23.7. The van der Waals surface area contributed by atoms with E-state index in [1.165, 1.54) is 4.68 Å². The number of aryl methyl sites for hydroxylation is 1. The van der Waals surface area contributed by atoms with Gasteiger partial charge in [-0.05, 0) is 66.1 Å². The lowest BCUT2D eigenvalue weighted by Gasteiger charge is -2.61. The molecule has 0 spiro atoms. The molecule has 0 N–H and O–H groups in total. The number of fused-ring (bicyclic) bond motifs is 1. The molecule has 3 aromatic rings. The number of nitrogens with zero attached hydrogens (tertiary/aromatic N) is 3. The van der Waals surface area contributed by atoms with E-state index in [-0.39, 0.29) is 11.4 Å². The van der Waals surface area contributed by atoms with Crippen LogP contribution in [-0.2, 0) is 5.41 Å². The van der Waals surface area contributed by atoms with Gasteiger partial charge >= 0.3 is 0 Å². The average Bonchev–Trinajstić information content (AvgIpc) is 3.17.